The molecule has 2 aromatic carbocycles. The first-order valence-corrected chi connectivity index (χ1v) is 7.31. The van der Waals surface area contributed by atoms with Gasteiger partial charge in [0, 0.05) is 23.0 Å². The molecule has 0 aliphatic heterocycles. The molecule has 1 unspecified atom stereocenters. The van der Waals surface area contributed by atoms with Gasteiger partial charge in [-0.3, -0.25) is 0 Å². The molecule has 0 spiro atoms. The highest BCUT2D eigenvalue weighted by molar-refractivity contribution is 5.83. The molecule has 0 fully saturated rings. The molecule has 4 rings (SSSR count). The fraction of sp³-hybridized carbons (Fsp3) is 0.167. The van der Waals surface area contributed by atoms with E-state index in [9.17, 15) is 0 Å². The fourth-order valence-electron chi connectivity index (χ4n) is 2.93. The molecule has 0 amide bonds. The zero-order valence-electron chi connectivity index (χ0n) is 11.9. The third-order valence-electron chi connectivity index (χ3n) is 4.08. The lowest BCUT2D eigenvalue weighted by atomic mass is 10.00. The van der Waals surface area contributed by atoms with Crippen molar-refractivity contribution in [2.24, 2.45) is 0 Å². The highest BCUT2D eigenvalue weighted by atomic mass is 14.9. The fourth-order valence-corrected chi connectivity index (χ4v) is 2.93. The number of para-hydroxylation sites is 3. The van der Waals surface area contributed by atoms with Crippen molar-refractivity contribution in [1.29, 1.82) is 0 Å². The van der Waals surface area contributed by atoms with Gasteiger partial charge in [-0.2, -0.15) is 0 Å². The summed E-state index contributed by atoms with van der Waals surface area (Å²) in [6, 6.07) is 16.6. The van der Waals surface area contributed by atoms with Gasteiger partial charge in [0.2, 0.25) is 0 Å². The first-order valence-electron chi connectivity index (χ1n) is 7.31. The van der Waals surface area contributed by atoms with Crippen molar-refractivity contribution in [3.63, 3.8) is 0 Å². The molecule has 2 aromatic heterocycles. The van der Waals surface area contributed by atoms with E-state index in [4.69, 9.17) is 4.98 Å². The average molecular weight is 275 g/mol. The molecule has 3 heteroatoms. The van der Waals surface area contributed by atoms with Gasteiger partial charge in [-0.15, -0.1) is 0 Å². The standard InChI is InChI=1S/C18H17N3/c1-12(18-20-16-8-4-5-9-17(16)21-18)10-13-11-19-15-7-3-2-6-14(13)15/h2-9,11-12,19H,10H2,1H3,(H,20,21). The second-order valence-corrected chi connectivity index (χ2v) is 5.60. The van der Waals surface area contributed by atoms with Crippen molar-refractivity contribution in [2.75, 3.05) is 0 Å². The normalized spacial score (nSPS) is 13.0. The largest absolute Gasteiger partial charge is 0.361 e. The average Bonchev–Trinajstić information content (AvgIpc) is 3.11. The van der Waals surface area contributed by atoms with Crippen LogP contribution in [0.1, 0.15) is 24.2 Å². The minimum atomic E-state index is 0.358. The number of nitrogens with one attached hydrogen (secondary N) is 2. The van der Waals surface area contributed by atoms with Crippen molar-refractivity contribution >= 4 is 21.9 Å². The monoisotopic (exact) mass is 275 g/mol. The molecule has 2 heterocycles. The summed E-state index contributed by atoms with van der Waals surface area (Å²) in [5, 5.41) is 1.31. The zero-order chi connectivity index (χ0) is 14.2. The predicted molar refractivity (Wildman–Crippen MR) is 86.5 cm³/mol. The van der Waals surface area contributed by atoms with Crippen LogP contribution in [0.5, 0.6) is 0 Å². The van der Waals surface area contributed by atoms with Gasteiger partial charge in [0.1, 0.15) is 5.82 Å². The van der Waals surface area contributed by atoms with Crippen molar-refractivity contribution in [1.82, 2.24) is 15.0 Å². The number of rotatable bonds is 3. The highest BCUT2D eigenvalue weighted by Gasteiger charge is 2.13. The van der Waals surface area contributed by atoms with E-state index in [1.807, 2.05) is 18.2 Å². The summed E-state index contributed by atoms with van der Waals surface area (Å²) in [7, 11) is 0. The minimum absolute atomic E-state index is 0.358. The Morgan fingerprint density at radius 1 is 1.00 bits per heavy atom. The quantitative estimate of drug-likeness (QED) is 0.572. The maximum atomic E-state index is 4.71. The highest BCUT2D eigenvalue weighted by Crippen LogP contribution is 2.25. The van der Waals surface area contributed by atoms with Crippen molar-refractivity contribution < 1.29 is 0 Å². The Balaban J connectivity index is 1.67. The summed E-state index contributed by atoms with van der Waals surface area (Å²) in [6.07, 6.45) is 3.09. The van der Waals surface area contributed by atoms with Crippen LogP contribution in [0.4, 0.5) is 0 Å². The third kappa shape index (κ3) is 2.11. The van der Waals surface area contributed by atoms with E-state index < -0.39 is 0 Å². The Hall–Kier alpha value is -2.55. The lowest BCUT2D eigenvalue weighted by molar-refractivity contribution is 0.716. The first kappa shape index (κ1) is 12.2. The molecule has 4 aromatic rings. The lowest BCUT2D eigenvalue weighted by Crippen LogP contribution is -2.00. The summed E-state index contributed by atoms with van der Waals surface area (Å²) in [5.74, 6) is 1.41. The van der Waals surface area contributed by atoms with Crippen LogP contribution in [-0.2, 0) is 6.42 Å². The number of benzene rings is 2. The molecule has 0 aliphatic carbocycles. The molecule has 104 valence electrons. The van der Waals surface area contributed by atoms with E-state index in [1.54, 1.807) is 0 Å². The summed E-state index contributed by atoms with van der Waals surface area (Å²) >= 11 is 0. The molecule has 0 aliphatic rings. The number of fused-ring (bicyclic) bond motifs is 2. The van der Waals surface area contributed by atoms with Crippen molar-refractivity contribution in [2.45, 2.75) is 19.3 Å². The molecular formula is C18H17N3. The van der Waals surface area contributed by atoms with Crippen LogP contribution in [0.3, 0.4) is 0 Å². The van der Waals surface area contributed by atoms with Gasteiger partial charge in [0.15, 0.2) is 0 Å². The Labute approximate surface area is 123 Å². The summed E-state index contributed by atoms with van der Waals surface area (Å²) in [5.41, 5.74) is 4.69. The maximum Gasteiger partial charge on any atom is 0.110 e. The van der Waals surface area contributed by atoms with E-state index in [2.05, 4.69) is 53.4 Å². The summed E-state index contributed by atoms with van der Waals surface area (Å²) in [4.78, 5) is 11.5. The van der Waals surface area contributed by atoms with Gasteiger partial charge in [-0.05, 0) is 30.2 Å². The molecular weight excluding hydrogens is 258 g/mol. The van der Waals surface area contributed by atoms with E-state index in [-0.39, 0.29) is 0 Å². The maximum absolute atomic E-state index is 4.71. The third-order valence-corrected chi connectivity index (χ3v) is 4.08. The smallest absolute Gasteiger partial charge is 0.110 e. The van der Waals surface area contributed by atoms with Crippen molar-refractivity contribution in [3.05, 3.63) is 66.1 Å². The topological polar surface area (TPSA) is 44.5 Å². The van der Waals surface area contributed by atoms with Crippen LogP contribution < -0.4 is 0 Å². The number of aromatic nitrogens is 3. The molecule has 1 atom stereocenters. The van der Waals surface area contributed by atoms with Crippen LogP contribution in [0.2, 0.25) is 0 Å². The first-order chi connectivity index (χ1) is 10.3. The Morgan fingerprint density at radius 2 is 1.76 bits per heavy atom. The van der Waals surface area contributed by atoms with Crippen molar-refractivity contribution in [3.8, 4) is 0 Å². The Morgan fingerprint density at radius 3 is 2.62 bits per heavy atom. The second kappa shape index (κ2) is 4.77. The number of aromatic amines is 2. The molecule has 0 saturated carbocycles. The Bertz CT molecular complexity index is 868. The zero-order valence-corrected chi connectivity index (χ0v) is 11.9. The van der Waals surface area contributed by atoms with E-state index in [0.717, 1.165) is 23.3 Å². The number of hydrogen-bond donors (Lipinski definition) is 2. The van der Waals surface area contributed by atoms with Gasteiger partial charge in [-0.1, -0.05) is 37.3 Å². The molecule has 2 N–H and O–H groups in total. The number of hydrogen-bond acceptors (Lipinski definition) is 1. The molecule has 0 radical (unpaired) electrons. The van der Waals surface area contributed by atoms with Gasteiger partial charge >= 0.3 is 0 Å². The number of imidazole rings is 1. The molecule has 0 saturated heterocycles. The van der Waals surface area contributed by atoms with Crippen LogP contribution in [0, 0.1) is 0 Å². The predicted octanol–water partition coefficient (Wildman–Crippen LogP) is 4.39. The van der Waals surface area contributed by atoms with E-state index in [0.29, 0.717) is 5.92 Å². The molecule has 3 nitrogen and oxygen atoms in total. The van der Waals surface area contributed by atoms with E-state index in [1.165, 1.54) is 16.5 Å². The summed E-state index contributed by atoms with van der Waals surface area (Å²) < 4.78 is 0. The van der Waals surface area contributed by atoms with Crippen LogP contribution in [-0.4, -0.2) is 15.0 Å². The lowest BCUT2D eigenvalue weighted by Gasteiger charge is -2.07. The Kier molecular flexibility index (Phi) is 2.78. The van der Waals surface area contributed by atoms with Gasteiger partial charge in [0.05, 0.1) is 11.0 Å². The second-order valence-electron chi connectivity index (χ2n) is 5.60. The van der Waals surface area contributed by atoms with Crippen LogP contribution in [0.25, 0.3) is 21.9 Å². The van der Waals surface area contributed by atoms with Gasteiger partial charge < -0.3 is 9.97 Å². The number of nitrogens with zero attached hydrogens (tertiary/aromatic N) is 1. The number of H-pyrrole nitrogens is 2. The van der Waals surface area contributed by atoms with Gasteiger partial charge in [0.25, 0.3) is 0 Å². The van der Waals surface area contributed by atoms with Gasteiger partial charge in [-0.25, -0.2) is 4.98 Å². The SMILES string of the molecule is CC(Cc1c[nH]c2ccccc12)c1nc2ccccc2[nH]1. The van der Waals surface area contributed by atoms with E-state index >= 15 is 0 Å². The van der Waals surface area contributed by atoms with Crippen LogP contribution in [0.15, 0.2) is 54.7 Å². The molecule has 0 bridgehead atoms. The van der Waals surface area contributed by atoms with Crippen LogP contribution >= 0.6 is 0 Å². The molecule has 21 heavy (non-hydrogen) atoms. The minimum Gasteiger partial charge on any atom is -0.361 e. The summed E-state index contributed by atoms with van der Waals surface area (Å²) in [6.45, 7) is 2.22.